The van der Waals surface area contributed by atoms with E-state index in [-0.39, 0.29) is 36.6 Å². The van der Waals surface area contributed by atoms with Crippen LogP contribution in [0.2, 0.25) is 0 Å². The number of nitrogens with one attached hydrogen (secondary N) is 4. The lowest BCUT2D eigenvalue weighted by Crippen LogP contribution is -2.61. The van der Waals surface area contributed by atoms with Crippen molar-refractivity contribution in [2.75, 3.05) is 20.2 Å². The summed E-state index contributed by atoms with van der Waals surface area (Å²) in [4.78, 5) is 51.2. The molecule has 11 nitrogen and oxygen atoms in total. The van der Waals surface area contributed by atoms with Gasteiger partial charge in [-0.3, -0.25) is 14.4 Å². The van der Waals surface area contributed by atoms with Crippen molar-refractivity contribution in [2.24, 2.45) is 5.92 Å². The number of aliphatic hydroxyl groups excluding tert-OH is 1. The molecule has 2 heterocycles. The van der Waals surface area contributed by atoms with Gasteiger partial charge in [0.1, 0.15) is 17.3 Å². The first-order valence-electron chi connectivity index (χ1n) is 18.7. The second-order valence-electron chi connectivity index (χ2n) is 14.0. The number of likely N-dealkylation sites (tertiary alicyclic amines) is 1. The summed E-state index contributed by atoms with van der Waals surface area (Å²) < 4.78 is 5.35. The van der Waals surface area contributed by atoms with Gasteiger partial charge in [0.2, 0.25) is 17.7 Å². The average Bonchev–Trinajstić information content (AvgIpc) is 3.82. The van der Waals surface area contributed by atoms with Crippen molar-refractivity contribution in [3.63, 3.8) is 0 Å². The second-order valence-corrected chi connectivity index (χ2v) is 14.0. The molecule has 0 spiro atoms. The van der Waals surface area contributed by atoms with Crippen molar-refractivity contribution in [3.05, 3.63) is 120 Å². The number of carbonyl (C=O) groups is 3. The number of methoxy groups -OCH3 is 1. The predicted octanol–water partition coefficient (Wildman–Crippen LogP) is 4.36. The molecular weight excluding hydrogens is 668 g/mol. The highest BCUT2D eigenvalue weighted by Gasteiger charge is 2.53. The fourth-order valence-corrected chi connectivity index (χ4v) is 7.18. The Morgan fingerprint density at radius 2 is 1.72 bits per heavy atom. The van der Waals surface area contributed by atoms with E-state index in [0.29, 0.717) is 51.6 Å². The van der Waals surface area contributed by atoms with E-state index in [4.69, 9.17) is 4.74 Å². The maximum Gasteiger partial charge on any atom is 0.249 e. The van der Waals surface area contributed by atoms with Crippen LogP contribution < -0.4 is 20.7 Å². The van der Waals surface area contributed by atoms with E-state index < -0.39 is 23.7 Å². The zero-order valence-electron chi connectivity index (χ0n) is 31.1. The van der Waals surface area contributed by atoms with Gasteiger partial charge in [-0.05, 0) is 66.8 Å². The number of rotatable bonds is 20. The SMILES string of the molecule is CC[C@H](C)C1(NC(=O)CCc2cnc[nH]2)CCN([C@@H](CCc2ccccc2)C(=O)N[C@@H](Cc2ccccc2)[C@@H](O)CNCc2cccc(OC)c2)C1=O. The van der Waals surface area contributed by atoms with E-state index in [0.717, 1.165) is 28.1 Å². The fourth-order valence-electron chi connectivity index (χ4n) is 7.18. The Kier molecular flexibility index (Phi) is 14.2. The van der Waals surface area contributed by atoms with Crippen LogP contribution in [0, 0.1) is 5.92 Å². The van der Waals surface area contributed by atoms with Gasteiger partial charge in [0.05, 0.1) is 25.6 Å². The number of H-pyrrole nitrogens is 1. The summed E-state index contributed by atoms with van der Waals surface area (Å²) in [5.74, 6) is -0.184. The molecule has 3 amide bonds. The summed E-state index contributed by atoms with van der Waals surface area (Å²) >= 11 is 0. The van der Waals surface area contributed by atoms with Crippen molar-refractivity contribution < 1.29 is 24.2 Å². The number of carbonyl (C=O) groups excluding carboxylic acids is 3. The first kappa shape index (κ1) is 39.2. The summed E-state index contributed by atoms with van der Waals surface area (Å²) in [5, 5.41) is 21.2. The molecule has 0 radical (unpaired) electrons. The lowest BCUT2D eigenvalue weighted by molar-refractivity contribution is -0.144. The van der Waals surface area contributed by atoms with Crippen LogP contribution in [0.3, 0.4) is 0 Å². The van der Waals surface area contributed by atoms with Crippen molar-refractivity contribution in [1.29, 1.82) is 0 Å². The first-order chi connectivity index (χ1) is 25.7. The number of aliphatic hydroxyl groups is 1. The number of nitrogens with zero attached hydrogens (tertiary/aromatic N) is 2. The highest BCUT2D eigenvalue weighted by atomic mass is 16.5. The maximum absolute atomic E-state index is 14.6. The number of benzene rings is 3. The molecule has 3 aromatic carbocycles. The minimum atomic E-state index is -1.13. The Bertz CT molecular complexity index is 1740. The molecule has 53 heavy (non-hydrogen) atoms. The third kappa shape index (κ3) is 10.5. The molecule has 5 N–H and O–H groups in total. The zero-order chi connectivity index (χ0) is 37.6. The van der Waals surface area contributed by atoms with E-state index in [1.54, 1.807) is 24.5 Å². The minimum absolute atomic E-state index is 0.155. The van der Waals surface area contributed by atoms with E-state index in [2.05, 4.69) is 25.9 Å². The Balaban J connectivity index is 1.35. The number of hydrogen-bond donors (Lipinski definition) is 5. The van der Waals surface area contributed by atoms with Gasteiger partial charge in [-0.25, -0.2) is 4.98 Å². The molecule has 5 atom stereocenters. The third-order valence-electron chi connectivity index (χ3n) is 10.5. The first-order valence-corrected chi connectivity index (χ1v) is 18.7. The second kappa shape index (κ2) is 19.2. The molecule has 282 valence electrons. The maximum atomic E-state index is 14.6. The van der Waals surface area contributed by atoms with Gasteiger partial charge >= 0.3 is 0 Å². The normalized spacial score (nSPS) is 17.9. The van der Waals surface area contributed by atoms with E-state index >= 15 is 0 Å². The summed E-state index contributed by atoms with van der Waals surface area (Å²) in [5.41, 5.74) is 2.75. The smallest absolute Gasteiger partial charge is 0.249 e. The monoisotopic (exact) mass is 722 g/mol. The topological polar surface area (TPSA) is 149 Å². The molecule has 1 aliphatic heterocycles. The number of imidazole rings is 1. The fraction of sp³-hybridized carbons (Fsp3) is 0.429. The molecule has 5 rings (SSSR count). The van der Waals surface area contributed by atoms with Crippen molar-refractivity contribution in [2.45, 2.75) is 89.1 Å². The van der Waals surface area contributed by atoms with Crippen LogP contribution >= 0.6 is 0 Å². The lowest BCUT2D eigenvalue weighted by atomic mass is 9.81. The van der Waals surface area contributed by atoms with Crippen LogP contribution in [0.4, 0.5) is 0 Å². The van der Waals surface area contributed by atoms with Crippen LogP contribution in [0.15, 0.2) is 97.5 Å². The van der Waals surface area contributed by atoms with Gasteiger partial charge < -0.3 is 35.7 Å². The van der Waals surface area contributed by atoms with Gasteiger partial charge in [-0.15, -0.1) is 0 Å². The summed E-state index contributed by atoms with van der Waals surface area (Å²) in [6.07, 6.45) is 5.45. The quantitative estimate of drug-likeness (QED) is 0.0911. The van der Waals surface area contributed by atoms with E-state index in [1.807, 2.05) is 98.8 Å². The van der Waals surface area contributed by atoms with E-state index in [1.165, 1.54) is 0 Å². The lowest BCUT2D eigenvalue weighted by Gasteiger charge is -2.36. The molecule has 0 aliphatic carbocycles. The molecular formula is C42H54N6O5. The molecule has 1 unspecified atom stereocenters. The molecule has 0 bridgehead atoms. The highest BCUT2D eigenvalue weighted by Crippen LogP contribution is 2.35. The Hall–Kier alpha value is -5.00. The summed E-state index contributed by atoms with van der Waals surface area (Å²) in [6, 6.07) is 25.9. The molecule has 1 aliphatic rings. The van der Waals surface area contributed by atoms with Crippen LogP contribution in [0.25, 0.3) is 0 Å². The number of aryl methyl sites for hydroxylation is 2. The number of aromatic amines is 1. The number of ether oxygens (including phenoxy) is 1. The number of aromatic nitrogens is 2. The summed E-state index contributed by atoms with van der Waals surface area (Å²) in [6.45, 7) is 5.06. The molecule has 1 aromatic heterocycles. The van der Waals surface area contributed by atoms with E-state index in [9.17, 15) is 19.5 Å². The third-order valence-corrected chi connectivity index (χ3v) is 10.5. The Labute approximate surface area is 312 Å². The van der Waals surface area contributed by atoms with Crippen LogP contribution in [-0.2, 0) is 40.2 Å². The van der Waals surface area contributed by atoms with Gasteiger partial charge in [-0.2, -0.15) is 0 Å². The molecule has 1 saturated heterocycles. The highest BCUT2D eigenvalue weighted by molar-refractivity contribution is 5.97. The van der Waals surface area contributed by atoms with Crippen molar-refractivity contribution in [3.8, 4) is 5.75 Å². The van der Waals surface area contributed by atoms with Gasteiger partial charge in [0, 0.05) is 37.9 Å². The predicted molar refractivity (Wildman–Crippen MR) is 205 cm³/mol. The Morgan fingerprint density at radius 1 is 1.00 bits per heavy atom. The molecule has 4 aromatic rings. The molecule has 1 fully saturated rings. The largest absolute Gasteiger partial charge is 0.497 e. The molecule has 0 saturated carbocycles. The Morgan fingerprint density at radius 3 is 2.40 bits per heavy atom. The average molecular weight is 723 g/mol. The van der Waals surface area contributed by atoms with Gasteiger partial charge in [0.25, 0.3) is 0 Å². The van der Waals surface area contributed by atoms with Crippen molar-refractivity contribution >= 4 is 17.7 Å². The van der Waals surface area contributed by atoms with Gasteiger partial charge in [0.15, 0.2) is 0 Å². The number of hydrogen-bond acceptors (Lipinski definition) is 7. The van der Waals surface area contributed by atoms with Gasteiger partial charge in [-0.1, -0.05) is 93.1 Å². The van der Waals surface area contributed by atoms with Crippen LogP contribution in [0.5, 0.6) is 5.75 Å². The summed E-state index contributed by atoms with van der Waals surface area (Å²) in [7, 11) is 1.63. The van der Waals surface area contributed by atoms with Crippen LogP contribution in [-0.4, -0.2) is 81.6 Å². The van der Waals surface area contributed by atoms with Crippen LogP contribution in [0.1, 0.15) is 61.9 Å². The number of amides is 3. The van der Waals surface area contributed by atoms with Crippen molar-refractivity contribution in [1.82, 2.24) is 30.8 Å². The molecule has 11 heteroatoms. The minimum Gasteiger partial charge on any atom is -0.497 e. The standard InChI is InChI=1S/C42H54N6O5/c1-4-30(2)42(47-39(50)21-19-34-27-44-29-45-34)22-23-48(41(42)52)37(20-18-31-12-7-5-8-13-31)40(51)46-36(25-32-14-9-6-10-15-32)38(49)28-43-26-33-16-11-17-35(24-33)53-3/h5-17,24,27,29-30,36-38,43,49H,4,18-23,25-26,28H2,1-3H3,(H,44,45)(H,46,51)(H,47,50)/t30-,36-,37-,38-,42?/m0/s1. The zero-order valence-corrected chi connectivity index (χ0v) is 31.1.